The third-order valence-corrected chi connectivity index (χ3v) is 3.62. The van der Waals surface area contributed by atoms with Gasteiger partial charge in [-0.1, -0.05) is 0 Å². The minimum Gasteiger partial charge on any atom is -0.497 e. The van der Waals surface area contributed by atoms with Crippen LogP contribution in [0.2, 0.25) is 0 Å². The highest BCUT2D eigenvalue weighted by atomic mass is 32.2. The van der Waals surface area contributed by atoms with Gasteiger partial charge in [-0.25, -0.2) is 8.42 Å². The molecule has 7 nitrogen and oxygen atoms in total. The smallest absolute Gasteiger partial charge is 0.320 e. The molecule has 0 radical (unpaired) electrons. The Balaban J connectivity index is 2.95. The number of esters is 1. The molecule has 0 aliphatic rings. The number of anilines is 1. The fourth-order valence-corrected chi connectivity index (χ4v) is 2.28. The van der Waals surface area contributed by atoms with Crippen LogP contribution >= 0.6 is 0 Å². The largest absolute Gasteiger partial charge is 0.497 e. The SMILES string of the molecule is COC(=O)CNS(=O)(=O)c1ccc(OC)cc1N. The van der Waals surface area contributed by atoms with Gasteiger partial charge in [0.1, 0.15) is 17.2 Å². The van der Waals surface area contributed by atoms with Gasteiger partial charge in [0.05, 0.1) is 19.9 Å². The number of nitrogens with one attached hydrogen (secondary N) is 1. The van der Waals surface area contributed by atoms with Crippen molar-refractivity contribution < 1.29 is 22.7 Å². The summed E-state index contributed by atoms with van der Waals surface area (Å²) in [6.07, 6.45) is 0. The van der Waals surface area contributed by atoms with Crippen LogP contribution in [0.1, 0.15) is 0 Å². The molecule has 0 unspecified atom stereocenters. The quantitative estimate of drug-likeness (QED) is 0.565. The van der Waals surface area contributed by atoms with E-state index in [1.165, 1.54) is 32.4 Å². The van der Waals surface area contributed by atoms with E-state index in [0.717, 1.165) is 0 Å². The highest BCUT2D eigenvalue weighted by Crippen LogP contribution is 2.23. The maximum absolute atomic E-state index is 11.8. The lowest BCUT2D eigenvalue weighted by atomic mass is 10.3. The van der Waals surface area contributed by atoms with Gasteiger partial charge in [0.25, 0.3) is 0 Å². The fraction of sp³-hybridized carbons (Fsp3) is 0.300. The first-order valence-corrected chi connectivity index (χ1v) is 6.39. The van der Waals surface area contributed by atoms with E-state index in [-0.39, 0.29) is 10.6 Å². The van der Waals surface area contributed by atoms with Crippen molar-refractivity contribution in [3.8, 4) is 5.75 Å². The first-order chi connectivity index (χ1) is 8.40. The van der Waals surface area contributed by atoms with Crippen LogP contribution in [0.15, 0.2) is 23.1 Å². The number of nitrogen functional groups attached to an aromatic ring is 1. The Morgan fingerprint density at radius 3 is 2.56 bits per heavy atom. The molecule has 0 aromatic heterocycles. The third kappa shape index (κ3) is 3.34. The standard InChI is InChI=1S/C10H14N2O5S/c1-16-7-3-4-9(8(11)5-7)18(14,15)12-6-10(13)17-2/h3-5,12H,6,11H2,1-2H3. The zero-order chi connectivity index (χ0) is 13.8. The van der Waals surface area contributed by atoms with Crippen molar-refractivity contribution in [1.29, 1.82) is 0 Å². The summed E-state index contributed by atoms with van der Waals surface area (Å²) in [5.41, 5.74) is 5.64. The van der Waals surface area contributed by atoms with Gasteiger partial charge in [-0.2, -0.15) is 4.72 Å². The van der Waals surface area contributed by atoms with Crippen molar-refractivity contribution in [2.45, 2.75) is 4.90 Å². The fourth-order valence-electron chi connectivity index (χ4n) is 1.20. The van der Waals surface area contributed by atoms with Crippen molar-refractivity contribution in [1.82, 2.24) is 4.72 Å². The number of carbonyl (C=O) groups excluding carboxylic acids is 1. The predicted molar refractivity (Wildman–Crippen MR) is 64.6 cm³/mol. The van der Waals surface area contributed by atoms with Crippen molar-refractivity contribution in [2.75, 3.05) is 26.5 Å². The van der Waals surface area contributed by atoms with Crippen LogP contribution in [0.3, 0.4) is 0 Å². The lowest BCUT2D eigenvalue weighted by molar-refractivity contribution is -0.139. The Bertz CT molecular complexity index is 541. The van der Waals surface area contributed by atoms with Crippen LogP contribution in [0, 0.1) is 0 Å². The van der Waals surface area contributed by atoms with Crippen LogP contribution < -0.4 is 15.2 Å². The Morgan fingerprint density at radius 2 is 2.06 bits per heavy atom. The highest BCUT2D eigenvalue weighted by molar-refractivity contribution is 7.89. The second kappa shape index (κ2) is 5.69. The predicted octanol–water partition coefficient (Wildman–Crippen LogP) is -0.271. The summed E-state index contributed by atoms with van der Waals surface area (Å²) in [6, 6.07) is 4.14. The molecule has 0 amide bonds. The average molecular weight is 274 g/mol. The van der Waals surface area contributed by atoms with Gasteiger partial charge < -0.3 is 15.2 Å². The van der Waals surface area contributed by atoms with E-state index in [9.17, 15) is 13.2 Å². The van der Waals surface area contributed by atoms with E-state index in [0.29, 0.717) is 5.75 Å². The molecule has 100 valence electrons. The second-order valence-corrected chi connectivity index (χ2v) is 5.04. The van der Waals surface area contributed by atoms with Gasteiger partial charge in [0.2, 0.25) is 10.0 Å². The van der Waals surface area contributed by atoms with Crippen molar-refractivity contribution in [3.63, 3.8) is 0 Å². The van der Waals surface area contributed by atoms with Gasteiger partial charge in [-0.3, -0.25) is 4.79 Å². The Morgan fingerprint density at radius 1 is 1.39 bits per heavy atom. The van der Waals surface area contributed by atoms with Crippen molar-refractivity contribution in [3.05, 3.63) is 18.2 Å². The molecule has 1 rings (SSSR count). The lowest BCUT2D eigenvalue weighted by Gasteiger charge is -2.09. The number of hydrogen-bond donors (Lipinski definition) is 2. The molecule has 0 heterocycles. The highest BCUT2D eigenvalue weighted by Gasteiger charge is 2.19. The van der Waals surface area contributed by atoms with E-state index in [4.69, 9.17) is 10.5 Å². The van der Waals surface area contributed by atoms with Gasteiger partial charge >= 0.3 is 5.97 Å². The minimum absolute atomic E-state index is 0.0340. The van der Waals surface area contributed by atoms with Gasteiger partial charge in [-0.15, -0.1) is 0 Å². The molecule has 1 aromatic carbocycles. The summed E-state index contributed by atoms with van der Waals surface area (Å²) >= 11 is 0. The van der Waals surface area contributed by atoms with Crippen LogP contribution in [-0.2, 0) is 19.6 Å². The molecule has 0 saturated carbocycles. The zero-order valence-corrected chi connectivity index (χ0v) is 10.8. The van der Waals surface area contributed by atoms with Crippen LogP contribution in [0.4, 0.5) is 5.69 Å². The van der Waals surface area contributed by atoms with Gasteiger partial charge in [0.15, 0.2) is 0 Å². The maximum Gasteiger partial charge on any atom is 0.320 e. The average Bonchev–Trinajstić information content (AvgIpc) is 2.35. The molecule has 0 saturated heterocycles. The number of ether oxygens (including phenoxy) is 2. The zero-order valence-electron chi connectivity index (χ0n) is 9.97. The molecule has 0 atom stereocenters. The number of benzene rings is 1. The van der Waals surface area contributed by atoms with Gasteiger partial charge in [0, 0.05) is 6.07 Å². The first kappa shape index (κ1) is 14.3. The number of rotatable bonds is 5. The Kier molecular flexibility index (Phi) is 4.51. The monoisotopic (exact) mass is 274 g/mol. The van der Waals surface area contributed by atoms with E-state index in [2.05, 4.69) is 9.46 Å². The molecular weight excluding hydrogens is 260 g/mol. The van der Waals surface area contributed by atoms with E-state index in [1.54, 1.807) is 0 Å². The van der Waals surface area contributed by atoms with E-state index < -0.39 is 22.5 Å². The normalized spacial score (nSPS) is 11.0. The molecule has 3 N–H and O–H groups in total. The third-order valence-electron chi connectivity index (χ3n) is 2.14. The molecule has 18 heavy (non-hydrogen) atoms. The number of carbonyl (C=O) groups is 1. The second-order valence-electron chi connectivity index (χ2n) is 3.30. The van der Waals surface area contributed by atoms with Crippen LogP contribution in [0.5, 0.6) is 5.75 Å². The Hall–Kier alpha value is -1.80. The molecule has 0 bridgehead atoms. The molecule has 8 heteroatoms. The molecular formula is C10H14N2O5S. The topological polar surface area (TPSA) is 108 Å². The number of sulfonamides is 1. The molecule has 0 aliphatic carbocycles. The lowest BCUT2D eigenvalue weighted by Crippen LogP contribution is -2.30. The van der Waals surface area contributed by atoms with Crippen LogP contribution in [0.25, 0.3) is 0 Å². The maximum atomic E-state index is 11.8. The summed E-state index contributed by atoms with van der Waals surface area (Å²) in [6.45, 7) is -0.454. The summed E-state index contributed by atoms with van der Waals surface area (Å²) in [5.74, 6) is -0.245. The van der Waals surface area contributed by atoms with E-state index in [1.807, 2.05) is 0 Å². The minimum atomic E-state index is -3.85. The van der Waals surface area contributed by atoms with Crippen molar-refractivity contribution in [2.24, 2.45) is 0 Å². The number of hydrogen-bond acceptors (Lipinski definition) is 6. The first-order valence-electron chi connectivity index (χ1n) is 4.90. The van der Waals surface area contributed by atoms with Crippen LogP contribution in [-0.4, -0.2) is 35.2 Å². The molecule has 0 aliphatic heterocycles. The molecule has 1 aromatic rings. The number of methoxy groups -OCH3 is 2. The Labute approximate surface area is 105 Å². The molecule has 0 spiro atoms. The summed E-state index contributed by atoms with van der Waals surface area (Å²) < 4.78 is 35.0. The summed E-state index contributed by atoms with van der Waals surface area (Å²) in [7, 11) is -1.24. The summed E-state index contributed by atoms with van der Waals surface area (Å²) in [5, 5.41) is 0. The molecule has 0 fully saturated rings. The van der Waals surface area contributed by atoms with Gasteiger partial charge in [-0.05, 0) is 12.1 Å². The summed E-state index contributed by atoms with van der Waals surface area (Å²) in [4.78, 5) is 10.8. The van der Waals surface area contributed by atoms with E-state index >= 15 is 0 Å². The number of nitrogens with two attached hydrogens (primary N) is 1. The van der Waals surface area contributed by atoms with Crippen molar-refractivity contribution >= 4 is 21.7 Å².